The molecule has 52 heavy (non-hydrogen) atoms. The van der Waals surface area contributed by atoms with Crippen molar-refractivity contribution in [3.8, 4) is 5.75 Å². The van der Waals surface area contributed by atoms with E-state index in [0.717, 1.165) is 61.3 Å². The molecule has 7 aliphatic rings. The van der Waals surface area contributed by atoms with Crippen LogP contribution in [0.5, 0.6) is 5.75 Å². The summed E-state index contributed by atoms with van der Waals surface area (Å²) in [5.74, 6) is 0.713. The number of nitrogens with zero attached hydrogens (tertiary/aromatic N) is 1. The van der Waals surface area contributed by atoms with Crippen LogP contribution in [0.25, 0.3) is 10.8 Å². The normalized spacial score (nSPS) is 38.7. The third-order valence-electron chi connectivity index (χ3n) is 15.1. The molecule has 4 fully saturated rings. The Morgan fingerprint density at radius 2 is 1.60 bits per heavy atom. The van der Waals surface area contributed by atoms with Crippen LogP contribution in [-0.4, -0.2) is 64.5 Å². The van der Waals surface area contributed by atoms with Crippen LogP contribution in [0.3, 0.4) is 0 Å². The Hall–Kier alpha value is -3.78. The molecule has 3 aromatic carbocycles. The SMILES string of the molecule is C[C@]12CC[C@H]3[C@]4(C=C[C@@]5(C=C4C(=O)c4ccccc4)CC(O)CC[C@]35C)[C@@H]1CC[C@@]2(O)CN(C[C@H]1CCCO1)C(=O)Oc1ccc2ccccc2c1. The molecule has 1 saturated heterocycles. The van der Waals surface area contributed by atoms with E-state index in [2.05, 4.69) is 32.1 Å². The zero-order valence-corrected chi connectivity index (χ0v) is 30.4. The summed E-state index contributed by atoms with van der Waals surface area (Å²) >= 11 is 0. The largest absolute Gasteiger partial charge is 0.415 e. The van der Waals surface area contributed by atoms with Crippen LogP contribution in [0.2, 0.25) is 0 Å². The molecule has 7 heteroatoms. The minimum atomic E-state index is -1.21. The van der Waals surface area contributed by atoms with E-state index in [1.807, 2.05) is 72.8 Å². The van der Waals surface area contributed by atoms with Gasteiger partial charge in [0.05, 0.1) is 30.9 Å². The van der Waals surface area contributed by atoms with Gasteiger partial charge in [0.25, 0.3) is 0 Å². The van der Waals surface area contributed by atoms with Gasteiger partial charge in [0.2, 0.25) is 0 Å². The van der Waals surface area contributed by atoms with E-state index in [-0.39, 0.29) is 41.1 Å². The summed E-state index contributed by atoms with van der Waals surface area (Å²) in [5.41, 5.74) is -1.33. The fraction of sp³-hybridized carbons (Fsp3) is 0.511. The lowest BCUT2D eigenvalue weighted by Crippen LogP contribution is -2.67. The average molecular weight is 702 g/mol. The van der Waals surface area contributed by atoms with Crippen LogP contribution in [0.15, 0.2) is 96.6 Å². The van der Waals surface area contributed by atoms with Crippen molar-refractivity contribution in [2.45, 2.75) is 89.4 Å². The lowest BCUT2D eigenvalue weighted by atomic mass is 9.32. The van der Waals surface area contributed by atoms with Crippen molar-refractivity contribution in [2.24, 2.45) is 33.5 Å². The van der Waals surface area contributed by atoms with Gasteiger partial charge in [-0.3, -0.25) is 4.79 Å². The fourth-order valence-electron chi connectivity index (χ4n) is 12.3. The van der Waals surface area contributed by atoms with E-state index in [4.69, 9.17) is 9.47 Å². The molecule has 1 unspecified atom stereocenters. The van der Waals surface area contributed by atoms with Crippen molar-refractivity contribution in [2.75, 3.05) is 19.7 Å². The predicted molar refractivity (Wildman–Crippen MR) is 200 cm³/mol. The van der Waals surface area contributed by atoms with Crippen molar-refractivity contribution in [3.05, 3.63) is 102 Å². The number of hydrogen-bond acceptors (Lipinski definition) is 6. The Balaban J connectivity index is 1.08. The second-order valence-electron chi connectivity index (χ2n) is 17.4. The molecule has 1 heterocycles. The van der Waals surface area contributed by atoms with E-state index < -0.39 is 28.6 Å². The number of carbonyl (C=O) groups excluding carboxylic acids is 2. The number of aliphatic hydroxyl groups is 2. The summed E-state index contributed by atoms with van der Waals surface area (Å²) in [6, 6.07) is 23.3. The molecule has 2 bridgehead atoms. The number of benzene rings is 3. The summed E-state index contributed by atoms with van der Waals surface area (Å²) in [4.78, 5) is 30.6. The molecule has 2 N–H and O–H groups in total. The first-order valence-corrected chi connectivity index (χ1v) is 19.5. The van der Waals surface area contributed by atoms with Gasteiger partial charge >= 0.3 is 6.09 Å². The van der Waals surface area contributed by atoms with Crippen LogP contribution in [0.1, 0.15) is 82.0 Å². The van der Waals surface area contributed by atoms with Crippen LogP contribution in [0.4, 0.5) is 4.79 Å². The molecule has 272 valence electrons. The van der Waals surface area contributed by atoms with E-state index in [1.54, 1.807) is 4.90 Å². The number of ether oxygens (including phenoxy) is 2. The molecule has 0 radical (unpaired) electrons. The van der Waals surface area contributed by atoms with E-state index in [9.17, 15) is 19.8 Å². The van der Waals surface area contributed by atoms with Gasteiger partial charge in [0.15, 0.2) is 5.78 Å². The summed E-state index contributed by atoms with van der Waals surface area (Å²) in [7, 11) is 0. The number of rotatable bonds is 7. The molecule has 6 aliphatic carbocycles. The Bertz CT molecular complexity index is 1970. The van der Waals surface area contributed by atoms with Gasteiger partial charge in [-0.1, -0.05) is 92.7 Å². The number of hydrogen-bond donors (Lipinski definition) is 2. The van der Waals surface area contributed by atoms with Crippen molar-refractivity contribution in [3.63, 3.8) is 0 Å². The molecule has 0 aromatic heterocycles. The monoisotopic (exact) mass is 701 g/mol. The number of aliphatic hydroxyl groups excluding tert-OH is 1. The van der Waals surface area contributed by atoms with Crippen molar-refractivity contribution in [1.29, 1.82) is 0 Å². The first-order valence-electron chi connectivity index (χ1n) is 19.5. The summed E-state index contributed by atoms with van der Waals surface area (Å²) in [6.07, 6.45) is 13.0. The number of amides is 1. The topological polar surface area (TPSA) is 96.3 Å². The lowest BCUT2D eigenvalue weighted by molar-refractivity contribution is -0.175. The molecule has 3 aromatic rings. The maximum atomic E-state index is 14.8. The zero-order chi connectivity index (χ0) is 35.9. The molecule has 3 saturated carbocycles. The Morgan fingerprint density at radius 1 is 0.865 bits per heavy atom. The zero-order valence-electron chi connectivity index (χ0n) is 30.4. The summed E-state index contributed by atoms with van der Waals surface area (Å²) in [6.45, 7) is 5.77. The van der Waals surface area contributed by atoms with Gasteiger partial charge in [-0.05, 0) is 97.9 Å². The second kappa shape index (κ2) is 12.1. The smallest absolute Gasteiger partial charge is 0.410 e. The highest BCUT2D eigenvalue weighted by molar-refractivity contribution is 6.10. The van der Waals surface area contributed by atoms with Crippen LogP contribution >= 0.6 is 0 Å². The first kappa shape index (κ1) is 34.0. The van der Waals surface area contributed by atoms with E-state index in [1.165, 1.54) is 0 Å². The number of Topliss-reactive ketones (excluding diaryl/α,β-unsaturated/α-hetero) is 1. The van der Waals surface area contributed by atoms with Gasteiger partial charge in [0, 0.05) is 34.0 Å². The second-order valence-corrected chi connectivity index (χ2v) is 17.4. The lowest BCUT2D eigenvalue weighted by Gasteiger charge is -2.71. The molecular weight excluding hydrogens is 650 g/mol. The molecular formula is C45H51NO6. The third kappa shape index (κ3) is 4.88. The molecule has 2 spiro atoms. The Morgan fingerprint density at radius 3 is 2.38 bits per heavy atom. The Kier molecular flexibility index (Phi) is 7.93. The molecule has 10 rings (SSSR count). The molecule has 1 aliphatic heterocycles. The van der Waals surface area contributed by atoms with E-state index in [0.29, 0.717) is 37.3 Å². The first-order chi connectivity index (χ1) is 25.0. The van der Waals surface area contributed by atoms with Crippen molar-refractivity contribution >= 4 is 22.6 Å². The molecule has 9 atom stereocenters. The number of ketones is 1. The molecule has 1 amide bonds. The van der Waals surface area contributed by atoms with E-state index >= 15 is 0 Å². The van der Waals surface area contributed by atoms with Gasteiger partial charge in [-0.2, -0.15) is 0 Å². The predicted octanol–water partition coefficient (Wildman–Crippen LogP) is 8.29. The summed E-state index contributed by atoms with van der Waals surface area (Å²) in [5, 5.41) is 26.2. The van der Waals surface area contributed by atoms with Gasteiger partial charge < -0.3 is 24.6 Å². The van der Waals surface area contributed by atoms with Crippen LogP contribution in [-0.2, 0) is 4.74 Å². The minimum Gasteiger partial charge on any atom is -0.410 e. The average Bonchev–Trinajstić information content (AvgIpc) is 3.76. The minimum absolute atomic E-state index is 0.0121. The standard InChI is InChI=1S/C45H51NO6/c1-41-19-16-33(47)26-43(41)22-23-45(36(27-43)39(48)31-10-4-3-5-11-31)37(41)17-20-42(2)38(45)18-21-44(42,50)29-46(28-35-13-8-24-51-35)40(49)52-34-15-14-30-9-6-7-12-32(30)25-34/h3-7,9-12,14-15,22-23,25,27,33,35,37-38,47,50H,8,13,16-21,24,26,28-29H2,1-2H3/t33?,35-,37-,38-,41-,42+,43+,44-,45-/m1/s1. The highest BCUT2D eigenvalue weighted by Gasteiger charge is 2.74. The third-order valence-corrected chi connectivity index (χ3v) is 15.1. The maximum absolute atomic E-state index is 14.8. The van der Waals surface area contributed by atoms with Crippen LogP contribution in [0, 0.1) is 33.5 Å². The number of allylic oxidation sites excluding steroid dienone is 4. The Labute approximate surface area is 306 Å². The van der Waals surface area contributed by atoms with Crippen molar-refractivity contribution < 1.29 is 29.3 Å². The van der Waals surface area contributed by atoms with Crippen molar-refractivity contribution in [1.82, 2.24) is 4.90 Å². The highest BCUT2D eigenvalue weighted by atomic mass is 16.6. The number of fused-ring (bicyclic) bond motifs is 2. The number of carbonyl (C=O) groups is 2. The molecule has 7 nitrogen and oxygen atoms in total. The van der Waals surface area contributed by atoms with Gasteiger partial charge in [-0.25, -0.2) is 4.79 Å². The van der Waals surface area contributed by atoms with Gasteiger partial charge in [0.1, 0.15) is 5.75 Å². The fourth-order valence-corrected chi connectivity index (χ4v) is 12.3. The van der Waals surface area contributed by atoms with Crippen LogP contribution < -0.4 is 4.74 Å². The maximum Gasteiger partial charge on any atom is 0.415 e. The highest BCUT2D eigenvalue weighted by Crippen LogP contribution is 2.78. The summed E-state index contributed by atoms with van der Waals surface area (Å²) < 4.78 is 12.1. The quantitative estimate of drug-likeness (QED) is 0.190. The van der Waals surface area contributed by atoms with Gasteiger partial charge in [-0.15, -0.1) is 0 Å².